The molecule has 0 aromatic heterocycles. The maximum Gasteiger partial charge on any atom is 0.238 e. The molecule has 3 rings (SSSR count). The van der Waals surface area contributed by atoms with E-state index in [0.29, 0.717) is 10.7 Å². The second-order valence-corrected chi connectivity index (χ2v) is 7.40. The standard InChI is InChI=1S/C21H25ClN4O2/c1-25(15-21(28)24-19-7-3-2-6-18(19)22)14-20(27)23-16-8-10-17(11-9-16)26-12-4-5-13-26/h2-3,6-11H,4-5,12-15H2,1H3,(H,23,27)(H,24,28). The van der Waals surface area contributed by atoms with Gasteiger partial charge in [-0.2, -0.15) is 0 Å². The van der Waals surface area contributed by atoms with Crippen LogP contribution in [0.15, 0.2) is 48.5 Å². The first kappa shape index (κ1) is 20.2. The van der Waals surface area contributed by atoms with E-state index in [0.717, 1.165) is 18.8 Å². The molecule has 2 amide bonds. The zero-order valence-corrected chi connectivity index (χ0v) is 16.7. The van der Waals surface area contributed by atoms with Crippen LogP contribution in [-0.4, -0.2) is 49.9 Å². The van der Waals surface area contributed by atoms with Crippen LogP contribution < -0.4 is 15.5 Å². The van der Waals surface area contributed by atoms with Gasteiger partial charge in [-0.05, 0) is 56.3 Å². The number of nitrogens with one attached hydrogen (secondary N) is 2. The molecule has 0 saturated carbocycles. The second kappa shape index (κ2) is 9.57. The molecule has 2 aromatic carbocycles. The molecule has 6 nitrogen and oxygen atoms in total. The van der Waals surface area contributed by atoms with Crippen molar-refractivity contribution in [3.63, 3.8) is 0 Å². The van der Waals surface area contributed by atoms with Crippen LogP contribution in [0, 0.1) is 0 Å². The monoisotopic (exact) mass is 400 g/mol. The summed E-state index contributed by atoms with van der Waals surface area (Å²) in [6.45, 7) is 2.38. The normalized spacial score (nSPS) is 13.6. The largest absolute Gasteiger partial charge is 0.372 e. The summed E-state index contributed by atoms with van der Waals surface area (Å²) in [6.07, 6.45) is 2.46. The van der Waals surface area contributed by atoms with E-state index in [1.165, 1.54) is 18.5 Å². The number of hydrogen-bond acceptors (Lipinski definition) is 4. The third-order valence-electron chi connectivity index (χ3n) is 4.60. The molecule has 0 spiro atoms. The van der Waals surface area contributed by atoms with Crippen molar-refractivity contribution in [1.82, 2.24) is 4.90 Å². The van der Waals surface area contributed by atoms with E-state index < -0.39 is 0 Å². The molecule has 0 atom stereocenters. The Kier molecular flexibility index (Phi) is 6.90. The van der Waals surface area contributed by atoms with Gasteiger partial charge in [-0.15, -0.1) is 0 Å². The summed E-state index contributed by atoms with van der Waals surface area (Å²) in [7, 11) is 1.72. The van der Waals surface area contributed by atoms with Crippen LogP contribution in [0.5, 0.6) is 0 Å². The number of amides is 2. The summed E-state index contributed by atoms with van der Waals surface area (Å²) in [5, 5.41) is 6.10. The van der Waals surface area contributed by atoms with Crippen LogP contribution in [0.2, 0.25) is 5.02 Å². The molecule has 1 saturated heterocycles. The number of carbonyl (C=O) groups excluding carboxylic acids is 2. The van der Waals surface area contributed by atoms with Crippen molar-refractivity contribution in [2.45, 2.75) is 12.8 Å². The molecule has 1 aliphatic rings. The van der Waals surface area contributed by atoms with E-state index in [-0.39, 0.29) is 24.9 Å². The fraction of sp³-hybridized carbons (Fsp3) is 0.333. The molecule has 2 N–H and O–H groups in total. The van der Waals surface area contributed by atoms with E-state index in [4.69, 9.17) is 11.6 Å². The summed E-state index contributed by atoms with van der Waals surface area (Å²) < 4.78 is 0. The topological polar surface area (TPSA) is 64.7 Å². The molecular weight excluding hydrogens is 376 g/mol. The average molecular weight is 401 g/mol. The highest BCUT2D eigenvalue weighted by Gasteiger charge is 2.14. The lowest BCUT2D eigenvalue weighted by Crippen LogP contribution is -2.36. The predicted octanol–water partition coefficient (Wildman–Crippen LogP) is 3.45. The SMILES string of the molecule is CN(CC(=O)Nc1ccc(N2CCCC2)cc1)CC(=O)Nc1ccccc1Cl. The van der Waals surface area contributed by atoms with Crippen molar-refractivity contribution in [1.29, 1.82) is 0 Å². The highest BCUT2D eigenvalue weighted by atomic mass is 35.5. The number of halogens is 1. The Hall–Kier alpha value is -2.57. The fourth-order valence-electron chi connectivity index (χ4n) is 3.23. The summed E-state index contributed by atoms with van der Waals surface area (Å²) in [4.78, 5) is 28.4. The highest BCUT2D eigenvalue weighted by molar-refractivity contribution is 6.33. The van der Waals surface area contributed by atoms with Crippen LogP contribution >= 0.6 is 11.6 Å². The quantitative estimate of drug-likeness (QED) is 0.747. The summed E-state index contributed by atoms with van der Waals surface area (Å²) in [5.74, 6) is -0.389. The average Bonchev–Trinajstić information content (AvgIpc) is 3.18. The fourth-order valence-corrected chi connectivity index (χ4v) is 3.41. The Balaban J connectivity index is 1.44. The molecule has 0 bridgehead atoms. The second-order valence-electron chi connectivity index (χ2n) is 6.99. The minimum absolute atomic E-state index is 0.0898. The number of anilines is 3. The Morgan fingerprint density at radius 2 is 1.57 bits per heavy atom. The van der Waals surface area contributed by atoms with Gasteiger partial charge < -0.3 is 15.5 Å². The molecule has 0 aliphatic carbocycles. The van der Waals surface area contributed by atoms with Crippen molar-refractivity contribution >= 4 is 40.5 Å². The van der Waals surface area contributed by atoms with Crippen molar-refractivity contribution in [2.75, 3.05) is 48.8 Å². The van der Waals surface area contributed by atoms with Gasteiger partial charge >= 0.3 is 0 Å². The van der Waals surface area contributed by atoms with Crippen molar-refractivity contribution < 1.29 is 9.59 Å². The van der Waals surface area contributed by atoms with Gasteiger partial charge in [0.15, 0.2) is 0 Å². The molecule has 2 aromatic rings. The number of para-hydroxylation sites is 1. The molecule has 0 radical (unpaired) electrons. The van der Waals surface area contributed by atoms with Crippen LogP contribution in [0.1, 0.15) is 12.8 Å². The Bertz CT molecular complexity index is 819. The molecule has 1 aliphatic heterocycles. The Labute approximate surface area is 170 Å². The number of benzene rings is 2. The van der Waals surface area contributed by atoms with E-state index in [9.17, 15) is 9.59 Å². The number of rotatable bonds is 7. The third-order valence-corrected chi connectivity index (χ3v) is 4.93. The van der Waals surface area contributed by atoms with Crippen molar-refractivity contribution in [3.8, 4) is 0 Å². The van der Waals surface area contributed by atoms with Gasteiger partial charge in [0.1, 0.15) is 0 Å². The third kappa shape index (κ3) is 5.71. The van der Waals surface area contributed by atoms with E-state index in [1.54, 1.807) is 36.2 Å². The van der Waals surface area contributed by atoms with Crippen molar-refractivity contribution in [2.24, 2.45) is 0 Å². The highest BCUT2D eigenvalue weighted by Crippen LogP contribution is 2.22. The number of nitrogens with zero attached hydrogens (tertiary/aromatic N) is 2. The van der Waals surface area contributed by atoms with E-state index in [1.807, 2.05) is 24.3 Å². The van der Waals surface area contributed by atoms with Crippen LogP contribution in [0.3, 0.4) is 0 Å². The van der Waals surface area contributed by atoms with Crippen LogP contribution in [-0.2, 0) is 9.59 Å². The van der Waals surface area contributed by atoms with Crippen molar-refractivity contribution in [3.05, 3.63) is 53.6 Å². The van der Waals surface area contributed by atoms with Crippen LogP contribution in [0.4, 0.5) is 17.1 Å². The number of hydrogen-bond donors (Lipinski definition) is 2. The maximum atomic E-state index is 12.2. The Morgan fingerprint density at radius 1 is 0.964 bits per heavy atom. The van der Waals surface area contributed by atoms with E-state index >= 15 is 0 Å². The maximum absolute atomic E-state index is 12.2. The first-order valence-corrected chi connectivity index (χ1v) is 9.77. The van der Waals surface area contributed by atoms with E-state index in [2.05, 4.69) is 15.5 Å². The van der Waals surface area contributed by atoms with Gasteiger partial charge in [0, 0.05) is 24.5 Å². The number of carbonyl (C=O) groups is 2. The predicted molar refractivity (Wildman–Crippen MR) is 114 cm³/mol. The van der Waals surface area contributed by atoms with Gasteiger partial charge in [-0.25, -0.2) is 0 Å². The molecular formula is C21H25ClN4O2. The number of likely N-dealkylation sites (N-methyl/N-ethyl adjacent to an activating group) is 1. The van der Waals surface area contributed by atoms with Gasteiger partial charge in [0.25, 0.3) is 0 Å². The zero-order valence-electron chi connectivity index (χ0n) is 16.0. The molecule has 1 fully saturated rings. The molecule has 7 heteroatoms. The lowest BCUT2D eigenvalue weighted by Gasteiger charge is -2.18. The smallest absolute Gasteiger partial charge is 0.238 e. The van der Waals surface area contributed by atoms with Crippen LogP contribution in [0.25, 0.3) is 0 Å². The summed E-state index contributed by atoms with van der Waals surface area (Å²) in [5.41, 5.74) is 2.50. The lowest BCUT2D eigenvalue weighted by atomic mass is 10.2. The Morgan fingerprint density at radius 3 is 2.21 bits per heavy atom. The van der Waals surface area contributed by atoms with Gasteiger partial charge in [0.05, 0.1) is 23.8 Å². The minimum Gasteiger partial charge on any atom is -0.372 e. The summed E-state index contributed by atoms with van der Waals surface area (Å²) >= 11 is 6.04. The molecule has 148 valence electrons. The first-order chi connectivity index (χ1) is 13.5. The van der Waals surface area contributed by atoms with Gasteiger partial charge in [-0.1, -0.05) is 23.7 Å². The molecule has 0 unspecified atom stereocenters. The van der Waals surface area contributed by atoms with Gasteiger partial charge in [0.2, 0.25) is 11.8 Å². The zero-order chi connectivity index (χ0) is 19.9. The molecule has 28 heavy (non-hydrogen) atoms. The molecule has 1 heterocycles. The summed E-state index contributed by atoms with van der Waals surface area (Å²) in [6, 6.07) is 14.9. The minimum atomic E-state index is -0.224. The van der Waals surface area contributed by atoms with Gasteiger partial charge in [-0.3, -0.25) is 14.5 Å². The first-order valence-electron chi connectivity index (χ1n) is 9.39. The lowest BCUT2D eigenvalue weighted by molar-refractivity contribution is -0.119.